The van der Waals surface area contributed by atoms with Crippen molar-refractivity contribution in [2.45, 2.75) is 18.8 Å². The predicted octanol–water partition coefficient (Wildman–Crippen LogP) is 4.18. The van der Waals surface area contributed by atoms with Crippen LogP contribution in [0.3, 0.4) is 0 Å². The highest BCUT2D eigenvalue weighted by Crippen LogP contribution is 2.40. The SMILES string of the molecule is Nc1cccc(Br)c1.Nc1cccc(C2CC2)c1. The van der Waals surface area contributed by atoms with Crippen molar-refractivity contribution in [1.82, 2.24) is 0 Å². The average Bonchev–Trinajstić information content (AvgIpc) is 3.13. The molecule has 2 aromatic rings. The lowest BCUT2D eigenvalue weighted by molar-refractivity contribution is 1.13. The maximum absolute atomic E-state index is 5.62. The van der Waals surface area contributed by atoms with Gasteiger partial charge in [-0.2, -0.15) is 0 Å². The van der Waals surface area contributed by atoms with Crippen LogP contribution < -0.4 is 11.5 Å². The lowest BCUT2D eigenvalue weighted by Gasteiger charge is -1.97. The second-order valence-corrected chi connectivity index (χ2v) is 5.42. The number of nitrogen functional groups attached to an aromatic ring is 2. The number of anilines is 2. The Morgan fingerprint density at radius 3 is 1.94 bits per heavy atom. The van der Waals surface area contributed by atoms with Gasteiger partial charge in [-0.05, 0) is 54.7 Å². The van der Waals surface area contributed by atoms with Crippen molar-refractivity contribution in [2.24, 2.45) is 0 Å². The third kappa shape index (κ3) is 4.08. The summed E-state index contributed by atoms with van der Waals surface area (Å²) in [6, 6.07) is 15.8. The van der Waals surface area contributed by atoms with E-state index in [1.165, 1.54) is 18.4 Å². The monoisotopic (exact) mass is 304 g/mol. The van der Waals surface area contributed by atoms with E-state index in [0.717, 1.165) is 21.8 Å². The van der Waals surface area contributed by atoms with Gasteiger partial charge in [0.2, 0.25) is 0 Å². The molecular formula is C15H17BrN2. The summed E-state index contributed by atoms with van der Waals surface area (Å²) < 4.78 is 1.03. The van der Waals surface area contributed by atoms with E-state index in [2.05, 4.69) is 28.1 Å². The Bertz CT molecular complexity index is 504. The molecule has 0 heterocycles. The first kappa shape index (κ1) is 13.0. The fourth-order valence-corrected chi connectivity index (χ4v) is 2.15. The summed E-state index contributed by atoms with van der Waals surface area (Å²) in [5, 5.41) is 0. The minimum atomic E-state index is 0.791. The minimum Gasteiger partial charge on any atom is -0.399 e. The van der Waals surface area contributed by atoms with Crippen LogP contribution in [0.25, 0.3) is 0 Å². The van der Waals surface area contributed by atoms with Crippen molar-refractivity contribution in [1.29, 1.82) is 0 Å². The number of hydrogen-bond acceptors (Lipinski definition) is 2. The molecule has 3 heteroatoms. The summed E-state index contributed by atoms with van der Waals surface area (Å²) in [5.41, 5.74) is 14.2. The molecule has 2 aromatic carbocycles. The maximum atomic E-state index is 5.62. The smallest absolute Gasteiger partial charge is 0.0325 e. The summed E-state index contributed by atoms with van der Waals surface area (Å²) >= 11 is 3.28. The van der Waals surface area contributed by atoms with Crippen LogP contribution in [0, 0.1) is 0 Å². The summed E-state index contributed by atoms with van der Waals surface area (Å²) in [5.74, 6) is 0.823. The number of halogens is 1. The molecule has 1 saturated carbocycles. The average molecular weight is 305 g/mol. The van der Waals surface area contributed by atoms with Gasteiger partial charge in [0.15, 0.2) is 0 Å². The van der Waals surface area contributed by atoms with Gasteiger partial charge in [-0.15, -0.1) is 0 Å². The van der Waals surface area contributed by atoms with Gasteiger partial charge < -0.3 is 11.5 Å². The zero-order valence-corrected chi connectivity index (χ0v) is 11.7. The largest absolute Gasteiger partial charge is 0.399 e. The van der Waals surface area contributed by atoms with Crippen molar-refractivity contribution in [3.05, 3.63) is 58.6 Å². The van der Waals surface area contributed by atoms with Crippen molar-refractivity contribution in [2.75, 3.05) is 11.5 Å². The Morgan fingerprint density at radius 1 is 0.889 bits per heavy atom. The van der Waals surface area contributed by atoms with Gasteiger partial charge in [-0.3, -0.25) is 0 Å². The van der Waals surface area contributed by atoms with E-state index in [0.29, 0.717) is 0 Å². The molecular weight excluding hydrogens is 288 g/mol. The van der Waals surface area contributed by atoms with Gasteiger partial charge in [0, 0.05) is 15.8 Å². The van der Waals surface area contributed by atoms with Crippen molar-refractivity contribution < 1.29 is 0 Å². The molecule has 1 aliphatic carbocycles. The molecule has 0 spiro atoms. The third-order valence-corrected chi connectivity index (χ3v) is 3.30. The molecule has 0 saturated heterocycles. The normalized spacial score (nSPS) is 13.6. The maximum Gasteiger partial charge on any atom is 0.0325 e. The molecule has 0 atom stereocenters. The molecule has 18 heavy (non-hydrogen) atoms. The molecule has 0 unspecified atom stereocenters. The van der Waals surface area contributed by atoms with Crippen molar-refractivity contribution in [3.8, 4) is 0 Å². The van der Waals surface area contributed by atoms with Crippen LogP contribution in [0.2, 0.25) is 0 Å². The van der Waals surface area contributed by atoms with Gasteiger partial charge in [0.05, 0.1) is 0 Å². The highest BCUT2D eigenvalue weighted by atomic mass is 79.9. The van der Waals surface area contributed by atoms with Gasteiger partial charge in [0.25, 0.3) is 0 Å². The summed E-state index contributed by atoms with van der Waals surface area (Å²) in [6.07, 6.45) is 2.70. The van der Waals surface area contributed by atoms with Crippen LogP contribution in [0.5, 0.6) is 0 Å². The quantitative estimate of drug-likeness (QED) is 0.777. The summed E-state index contributed by atoms with van der Waals surface area (Å²) in [7, 11) is 0. The molecule has 3 rings (SSSR count). The molecule has 94 valence electrons. The first-order valence-electron chi connectivity index (χ1n) is 6.01. The summed E-state index contributed by atoms with van der Waals surface area (Å²) in [4.78, 5) is 0. The van der Waals surface area contributed by atoms with Gasteiger partial charge >= 0.3 is 0 Å². The number of benzene rings is 2. The molecule has 0 aliphatic heterocycles. The van der Waals surface area contributed by atoms with E-state index in [4.69, 9.17) is 11.5 Å². The Morgan fingerprint density at radius 2 is 1.50 bits per heavy atom. The highest BCUT2D eigenvalue weighted by Gasteiger charge is 2.22. The van der Waals surface area contributed by atoms with Crippen LogP contribution in [0.4, 0.5) is 11.4 Å². The third-order valence-electron chi connectivity index (χ3n) is 2.81. The molecule has 4 N–H and O–H groups in total. The zero-order chi connectivity index (χ0) is 13.0. The highest BCUT2D eigenvalue weighted by molar-refractivity contribution is 9.10. The number of nitrogens with two attached hydrogens (primary N) is 2. The van der Waals surface area contributed by atoms with Crippen molar-refractivity contribution in [3.63, 3.8) is 0 Å². The summed E-state index contributed by atoms with van der Waals surface area (Å²) in [6.45, 7) is 0. The van der Waals surface area contributed by atoms with Gasteiger partial charge in [-0.25, -0.2) is 0 Å². The standard InChI is InChI=1S/C9H11N.C6H6BrN/c10-9-3-1-2-8(6-9)7-4-5-7;7-5-2-1-3-6(8)4-5/h1-3,6-7H,4-5,10H2;1-4H,8H2. The lowest BCUT2D eigenvalue weighted by Crippen LogP contribution is -1.85. The molecule has 2 nitrogen and oxygen atoms in total. The molecule has 0 radical (unpaired) electrons. The first-order valence-corrected chi connectivity index (χ1v) is 6.81. The van der Waals surface area contributed by atoms with Crippen LogP contribution >= 0.6 is 15.9 Å². The van der Waals surface area contributed by atoms with Crippen LogP contribution in [0.1, 0.15) is 24.3 Å². The van der Waals surface area contributed by atoms with Gasteiger partial charge in [-0.1, -0.05) is 34.1 Å². The van der Waals surface area contributed by atoms with Crippen LogP contribution in [0.15, 0.2) is 53.0 Å². The molecule has 1 aliphatic rings. The Hall–Kier alpha value is -1.48. The van der Waals surface area contributed by atoms with Crippen molar-refractivity contribution >= 4 is 27.3 Å². The lowest BCUT2D eigenvalue weighted by atomic mass is 10.1. The van der Waals surface area contributed by atoms with E-state index < -0.39 is 0 Å². The number of hydrogen-bond donors (Lipinski definition) is 2. The second-order valence-electron chi connectivity index (χ2n) is 4.50. The molecule has 1 fully saturated rings. The van der Waals surface area contributed by atoms with Crippen LogP contribution in [-0.2, 0) is 0 Å². The van der Waals surface area contributed by atoms with E-state index in [-0.39, 0.29) is 0 Å². The predicted molar refractivity (Wildman–Crippen MR) is 81.4 cm³/mol. The van der Waals surface area contributed by atoms with E-state index >= 15 is 0 Å². The Balaban J connectivity index is 0.000000138. The second kappa shape index (κ2) is 5.91. The van der Waals surface area contributed by atoms with Gasteiger partial charge in [0.1, 0.15) is 0 Å². The molecule has 0 bridgehead atoms. The molecule has 0 amide bonds. The minimum absolute atomic E-state index is 0.791. The Kier molecular flexibility index (Phi) is 4.26. The van der Waals surface area contributed by atoms with Crippen LogP contribution in [-0.4, -0.2) is 0 Å². The fraction of sp³-hybridized carbons (Fsp3) is 0.200. The first-order chi connectivity index (χ1) is 8.65. The van der Waals surface area contributed by atoms with E-state index in [1.807, 2.05) is 36.4 Å². The fourth-order valence-electron chi connectivity index (χ4n) is 1.74. The zero-order valence-electron chi connectivity index (χ0n) is 10.1. The van der Waals surface area contributed by atoms with E-state index in [1.54, 1.807) is 0 Å². The van der Waals surface area contributed by atoms with E-state index in [9.17, 15) is 0 Å². The Labute approximate surface area is 116 Å². The number of rotatable bonds is 1. The topological polar surface area (TPSA) is 52.0 Å². The molecule has 0 aromatic heterocycles.